The molecular weight excluding hydrogens is 249 g/mol. The molecule has 3 unspecified atom stereocenters. The Labute approximate surface area is 114 Å². The van der Waals surface area contributed by atoms with Gasteiger partial charge in [-0.25, -0.2) is 4.39 Å². The highest BCUT2D eigenvalue weighted by Crippen LogP contribution is 2.35. The molecule has 0 heterocycles. The third-order valence-corrected chi connectivity index (χ3v) is 4.54. The van der Waals surface area contributed by atoms with E-state index in [9.17, 15) is 4.39 Å². The van der Waals surface area contributed by atoms with E-state index in [0.29, 0.717) is 22.9 Å². The second kappa shape index (κ2) is 6.03. The molecule has 3 atom stereocenters. The molecule has 0 spiro atoms. The van der Waals surface area contributed by atoms with Crippen molar-refractivity contribution in [3.63, 3.8) is 0 Å². The number of benzene rings is 1. The van der Waals surface area contributed by atoms with Gasteiger partial charge in [-0.15, -0.1) is 0 Å². The van der Waals surface area contributed by atoms with Gasteiger partial charge in [0.15, 0.2) is 0 Å². The first-order valence-corrected chi connectivity index (χ1v) is 7.17. The van der Waals surface area contributed by atoms with E-state index in [4.69, 9.17) is 11.6 Å². The fourth-order valence-electron chi connectivity index (χ4n) is 3.06. The number of rotatable bonds is 4. The number of hydrogen-bond donors (Lipinski definition) is 1. The van der Waals surface area contributed by atoms with Gasteiger partial charge in [0.05, 0.1) is 0 Å². The average Bonchev–Trinajstić information content (AvgIpc) is 2.66. The topological polar surface area (TPSA) is 12.0 Å². The zero-order valence-corrected chi connectivity index (χ0v) is 11.8. The molecule has 1 aliphatic carbocycles. The van der Waals surface area contributed by atoms with Crippen LogP contribution in [-0.2, 0) is 6.42 Å². The third kappa shape index (κ3) is 3.04. The normalized spacial score (nSPS) is 27.7. The largest absolute Gasteiger partial charge is 0.314 e. The van der Waals surface area contributed by atoms with E-state index in [1.807, 2.05) is 6.07 Å². The molecule has 0 saturated heterocycles. The Balaban J connectivity index is 2.02. The summed E-state index contributed by atoms with van der Waals surface area (Å²) in [5, 5.41) is 4.10. The van der Waals surface area contributed by atoms with Crippen LogP contribution in [0.15, 0.2) is 18.2 Å². The Kier molecular flexibility index (Phi) is 4.63. The Bertz CT molecular complexity index is 407. The molecule has 1 nitrogen and oxygen atoms in total. The van der Waals surface area contributed by atoms with Gasteiger partial charge in [-0.05, 0) is 55.3 Å². The molecular formula is C15H21ClFN. The van der Waals surface area contributed by atoms with E-state index in [1.165, 1.54) is 25.0 Å². The predicted octanol–water partition coefficient (Wildman–Crippen LogP) is 4.05. The molecule has 1 N–H and O–H groups in total. The molecule has 0 bridgehead atoms. The van der Waals surface area contributed by atoms with Gasteiger partial charge in [0.2, 0.25) is 0 Å². The van der Waals surface area contributed by atoms with Crippen LogP contribution < -0.4 is 5.32 Å². The lowest BCUT2D eigenvalue weighted by molar-refractivity contribution is 0.355. The summed E-state index contributed by atoms with van der Waals surface area (Å²) in [6.45, 7) is 5.48. The highest BCUT2D eigenvalue weighted by molar-refractivity contribution is 6.31. The van der Waals surface area contributed by atoms with Crippen LogP contribution in [0, 0.1) is 17.7 Å². The molecule has 100 valence electrons. The Morgan fingerprint density at radius 1 is 1.39 bits per heavy atom. The van der Waals surface area contributed by atoms with Crippen LogP contribution in [0.2, 0.25) is 5.02 Å². The van der Waals surface area contributed by atoms with Crippen molar-refractivity contribution in [3.8, 4) is 0 Å². The van der Waals surface area contributed by atoms with Crippen molar-refractivity contribution in [1.29, 1.82) is 0 Å². The maximum Gasteiger partial charge on any atom is 0.124 e. The van der Waals surface area contributed by atoms with Crippen LogP contribution in [-0.4, -0.2) is 12.6 Å². The van der Waals surface area contributed by atoms with Crippen LogP contribution in [0.5, 0.6) is 0 Å². The molecule has 18 heavy (non-hydrogen) atoms. The summed E-state index contributed by atoms with van der Waals surface area (Å²) in [4.78, 5) is 0. The van der Waals surface area contributed by atoms with Crippen molar-refractivity contribution in [1.82, 2.24) is 5.32 Å². The molecule has 0 aromatic heterocycles. The van der Waals surface area contributed by atoms with Crippen molar-refractivity contribution >= 4 is 11.6 Å². The van der Waals surface area contributed by atoms with Gasteiger partial charge in [-0.1, -0.05) is 31.5 Å². The van der Waals surface area contributed by atoms with Crippen LogP contribution in [0.3, 0.4) is 0 Å². The third-order valence-electron chi connectivity index (χ3n) is 4.19. The average molecular weight is 270 g/mol. The minimum atomic E-state index is -0.256. The molecule has 1 aromatic carbocycles. The standard InChI is InChI=1S/C15H21ClFN/c1-3-18-15-7-5-11(10(15)2)8-12-4-6-13(17)9-14(12)16/h4,6,9-11,15,18H,3,5,7-8H2,1-2H3. The lowest BCUT2D eigenvalue weighted by Gasteiger charge is -2.21. The number of nitrogens with one attached hydrogen (secondary N) is 1. The molecule has 0 aliphatic heterocycles. The Hall–Kier alpha value is -0.600. The molecule has 1 fully saturated rings. The van der Waals surface area contributed by atoms with E-state index in [-0.39, 0.29) is 5.82 Å². The number of halogens is 2. The number of hydrogen-bond acceptors (Lipinski definition) is 1. The van der Waals surface area contributed by atoms with Crippen molar-refractivity contribution < 1.29 is 4.39 Å². The summed E-state index contributed by atoms with van der Waals surface area (Å²) in [6, 6.07) is 5.37. The van der Waals surface area contributed by atoms with Gasteiger partial charge in [-0.3, -0.25) is 0 Å². The molecule has 1 saturated carbocycles. The Morgan fingerprint density at radius 3 is 2.83 bits per heavy atom. The van der Waals surface area contributed by atoms with Crippen LogP contribution in [0.4, 0.5) is 4.39 Å². The van der Waals surface area contributed by atoms with Crippen molar-refractivity contribution in [3.05, 3.63) is 34.6 Å². The molecule has 0 radical (unpaired) electrons. The molecule has 1 aromatic rings. The minimum Gasteiger partial charge on any atom is -0.314 e. The van der Waals surface area contributed by atoms with Gasteiger partial charge in [0.25, 0.3) is 0 Å². The summed E-state index contributed by atoms with van der Waals surface area (Å²) in [5.41, 5.74) is 1.08. The highest BCUT2D eigenvalue weighted by Gasteiger charge is 2.32. The Morgan fingerprint density at radius 2 is 2.17 bits per heavy atom. The summed E-state index contributed by atoms with van der Waals surface area (Å²) >= 11 is 6.10. The SMILES string of the molecule is CCNC1CCC(Cc2ccc(F)cc2Cl)C1C. The lowest BCUT2D eigenvalue weighted by Crippen LogP contribution is -2.32. The first kappa shape index (κ1) is 13.8. The molecule has 1 aliphatic rings. The maximum absolute atomic E-state index is 13.0. The smallest absolute Gasteiger partial charge is 0.124 e. The van der Waals surface area contributed by atoms with Crippen LogP contribution in [0.25, 0.3) is 0 Å². The van der Waals surface area contributed by atoms with Gasteiger partial charge in [-0.2, -0.15) is 0 Å². The van der Waals surface area contributed by atoms with Crippen LogP contribution >= 0.6 is 11.6 Å². The second-order valence-corrected chi connectivity index (χ2v) is 5.71. The van der Waals surface area contributed by atoms with E-state index in [1.54, 1.807) is 0 Å². The summed E-state index contributed by atoms with van der Waals surface area (Å²) in [7, 11) is 0. The minimum absolute atomic E-state index is 0.256. The second-order valence-electron chi connectivity index (χ2n) is 5.30. The fourth-order valence-corrected chi connectivity index (χ4v) is 3.30. The van der Waals surface area contributed by atoms with Crippen molar-refractivity contribution in [2.45, 2.75) is 39.2 Å². The van der Waals surface area contributed by atoms with E-state index < -0.39 is 0 Å². The first-order valence-electron chi connectivity index (χ1n) is 6.79. The van der Waals surface area contributed by atoms with Gasteiger partial charge in [0.1, 0.15) is 5.82 Å². The zero-order valence-electron chi connectivity index (χ0n) is 11.0. The monoisotopic (exact) mass is 269 g/mol. The van der Waals surface area contributed by atoms with Crippen molar-refractivity contribution in [2.75, 3.05) is 6.54 Å². The van der Waals surface area contributed by atoms with Crippen LogP contribution in [0.1, 0.15) is 32.3 Å². The van der Waals surface area contributed by atoms with E-state index >= 15 is 0 Å². The summed E-state index contributed by atoms with van der Waals surface area (Å²) < 4.78 is 13.0. The fraction of sp³-hybridized carbons (Fsp3) is 0.600. The van der Waals surface area contributed by atoms with Gasteiger partial charge >= 0.3 is 0 Å². The van der Waals surface area contributed by atoms with Gasteiger partial charge < -0.3 is 5.32 Å². The van der Waals surface area contributed by atoms with E-state index in [2.05, 4.69) is 19.2 Å². The lowest BCUT2D eigenvalue weighted by atomic mass is 9.89. The predicted molar refractivity (Wildman–Crippen MR) is 74.5 cm³/mol. The first-order chi connectivity index (χ1) is 8.61. The summed E-state index contributed by atoms with van der Waals surface area (Å²) in [5.74, 6) is 1.05. The molecule has 0 amide bonds. The zero-order chi connectivity index (χ0) is 13.1. The molecule has 3 heteroatoms. The highest BCUT2D eigenvalue weighted by atomic mass is 35.5. The van der Waals surface area contributed by atoms with E-state index in [0.717, 1.165) is 18.5 Å². The van der Waals surface area contributed by atoms with Crippen molar-refractivity contribution in [2.24, 2.45) is 11.8 Å². The maximum atomic E-state index is 13.0. The van der Waals surface area contributed by atoms with Gasteiger partial charge in [0, 0.05) is 11.1 Å². The summed E-state index contributed by atoms with van der Waals surface area (Å²) in [6.07, 6.45) is 3.42. The molecule has 2 rings (SSSR count). The quantitative estimate of drug-likeness (QED) is 0.870.